The van der Waals surface area contributed by atoms with Gasteiger partial charge in [0.15, 0.2) is 0 Å². The summed E-state index contributed by atoms with van der Waals surface area (Å²) >= 11 is 0. The van der Waals surface area contributed by atoms with Gasteiger partial charge in [-0.15, -0.1) is 0 Å². The van der Waals surface area contributed by atoms with Crippen molar-refractivity contribution < 1.29 is 4.74 Å². The Morgan fingerprint density at radius 2 is 1.41 bits per heavy atom. The van der Waals surface area contributed by atoms with Crippen LogP contribution in [0.3, 0.4) is 0 Å². The molecule has 0 bridgehead atoms. The Morgan fingerprint density at radius 3 is 1.91 bits per heavy atom. The van der Waals surface area contributed by atoms with E-state index >= 15 is 0 Å². The van der Waals surface area contributed by atoms with Gasteiger partial charge in [-0.1, -0.05) is 43.5 Å². The summed E-state index contributed by atoms with van der Waals surface area (Å²) in [5, 5.41) is 0. The minimum absolute atomic E-state index is 0.724. The molecule has 0 saturated carbocycles. The molecule has 2 nitrogen and oxygen atoms in total. The lowest BCUT2D eigenvalue weighted by Crippen LogP contribution is -2.01. The number of benzene rings is 2. The van der Waals surface area contributed by atoms with Crippen LogP contribution in [0.4, 0.5) is 0 Å². The normalized spacial score (nSPS) is 11.5. The van der Waals surface area contributed by atoms with Crippen molar-refractivity contribution in [1.29, 1.82) is 0 Å². The molecule has 0 aromatic heterocycles. The Labute approximate surface area is 132 Å². The first kappa shape index (κ1) is 15.6. The van der Waals surface area contributed by atoms with Crippen LogP contribution in [0.1, 0.15) is 19.4 Å². The molecule has 22 heavy (non-hydrogen) atoms. The van der Waals surface area contributed by atoms with E-state index in [1.54, 1.807) is 0 Å². The molecule has 112 valence electrons. The zero-order valence-corrected chi connectivity index (χ0v) is 13.1. The van der Waals surface area contributed by atoms with E-state index in [0.29, 0.717) is 0 Å². The van der Waals surface area contributed by atoms with Gasteiger partial charge < -0.3 is 10.5 Å². The second-order valence-electron chi connectivity index (χ2n) is 5.26. The van der Waals surface area contributed by atoms with Gasteiger partial charge in [-0.05, 0) is 54.8 Å². The van der Waals surface area contributed by atoms with Gasteiger partial charge in [-0.3, -0.25) is 0 Å². The van der Waals surface area contributed by atoms with Crippen molar-refractivity contribution in [2.75, 3.05) is 0 Å². The minimum atomic E-state index is 0.724. The highest BCUT2D eigenvalue weighted by atomic mass is 16.5. The Hall–Kier alpha value is -2.74. The molecule has 0 fully saturated rings. The molecule has 2 heteroatoms. The fourth-order valence-electron chi connectivity index (χ4n) is 2.33. The van der Waals surface area contributed by atoms with E-state index in [1.165, 1.54) is 0 Å². The van der Waals surface area contributed by atoms with E-state index in [0.717, 1.165) is 39.5 Å². The van der Waals surface area contributed by atoms with Crippen LogP contribution in [0, 0.1) is 0 Å². The van der Waals surface area contributed by atoms with Crippen molar-refractivity contribution in [3.8, 4) is 11.5 Å². The van der Waals surface area contributed by atoms with E-state index < -0.39 is 0 Å². The average Bonchev–Trinajstić information content (AvgIpc) is 2.48. The van der Waals surface area contributed by atoms with E-state index in [4.69, 9.17) is 10.5 Å². The van der Waals surface area contributed by atoms with Crippen molar-refractivity contribution in [3.63, 3.8) is 0 Å². The molecule has 2 aromatic rings. The first-order valence-corrected chi connectivity index (χ1v) is 7.14. The topological polar surface area (TPSA) is 35.2 Å². The van der Waals surface area contributed by atoms with Gasteiger partial charge in [0, 0.05) is 11.3 Å². The van der Waals surface area contributed by atoms with Crippen molar-refractivity contribution in [1.82, 2.24) is 0 Å². The first-order valence-electron chi connectivity index (χ1n) is 7.14. The van der Waals surface area contributed by atoms with Gasteiger partial charge in [0.25, 0.3) is 0 Å². The molecular formula is C20H21NO. The third-order valence-corrected chi connectivity index (χ3v) is 3.30. The summed E-state index contributed by atoms with van der Waals surface area (Å²) in [5.74, 6) is 1.60. The largest absolute Gasteiger partial charge is 0.457 e. The molecular weight excluding hydrogens is 270 g/mol. The molecule has 2 N–H and O–H groups in total. The summed E-state index contributed by atoms with van der Waals surface area (Å²) in [5.41, 5.74) is 10.4. The smallest absolute Gasteiger partial charge is 0.127 e. The SMILES string of the molecule is C=C(C)/C(C(=C)c1ccc(Oc2ccccc2)cc1)=C(\C)N. The fraction of sp³-hybridized carbons (Fsp3) is 0.100. The second-order valence-corrected chi connectivity index (χ2v) is 5.26. The summed E-state index contributed by atoms with van der Waals surface area (Å²) in [6.45, 7) is 11.9. The third kappa shape index (κ3) is 3.67. The standard InChI is InChI=1S/C20H21NO/c1-14(2)20(16(4)21)15(3)17-10-12-19(13-11-17)22-18-8-6-5-7-9-18/h5-13H,1,3,21H2,2,4H3/b20-16-. The molecule has 0 radical (unpaired) electrons. The quantitative estimate of drug-likeness (QED) is 0.758. The Bertz CT molecular complexity index is 705. The van der Waals surface area contributed by atoms with Crippen LogP contribution >= 0.6 is 0 Å². The molecule has 0 aliphatic rings. The van der Waals surface area contributed by atoms with Crippen molar-refractivity contribution in [3.05, 3.63) is 90.2 Å². The van der Waals surface area contributed by atoms with Gasteiger partial charge in [-0.25, -0.2) is 0 Å². The molecule has 0 heterocycles. The van der Waals surface area contributed by atoms with Crippen LogP contribution in [0.2, 0.25) is 0 Å². The lowest BCUT2D eigenvalue weighted by atomic mass is 9.93. The molecule has 0 atom stereocenters. The number of hydrogen-bond donors (Lipinski definition) is 1. The molecule has 0 spiro atoms. The van der Waals surface area contributed by atoms with E-state index in [2.05, 4.69) is 13.2 Å². The summed E-state index contributed by atoms with van der Waals surface area (Å²) in [7, 11) is 0. The fourth-order valence-corrected chi connectivity index (χ4v) is 2.33. The molecule has 2 aromatic carbocycles. The minimum Gasteiger partial charge on any atom is -0.457 e. The van der Waals surface area contributed by atoms with Gasteiger partial charge in [0.05, 0.1) is 0 Å². The molecule has 0 unspecified atom stereocenters. The average molecular weight is 291 g/mol. The lowest BCUT2D eigenvalue weighted by Gasteiger charge is -2.14. The number of ether oxygens (including phenoxy) is 1. The predicted molar refractivity (Wildman–Crippen MR) is 93.7 cm³/mol. The Balaban J connectivity index is 2.20. The van der Waals surface area contributed by atoms with Gasteiger partial charge >= 0.3 is 0 Å². The van der Waals surface area contributed by atoms with Crippen molar-refractivity contribution in [2.24, 2.45) is 5.73 Å². The lowest BCUT2D eigenvalue weighted by molar-refractivity contribution is 0.482. The maximum absolute atomic E-state index is 5.94. The van der Waals surface area contributed by atoms with Crippen molar-refractivity contribution in [2.45, 2.75) is 13.8 Å². The maximum atomic E-state index is 5.94. The Morgan fingerprint density at radius 1 is 0.864 bits per heavy atom. The third-order valence-electron chi connectivity index (χ3n) is 3.30. The molecule has 0 aliphatic carbocycles. The monoisotopic (exact) mass is 291 g/mol. The highest BCUT2D eigenvalue weighted by Crippen LogP contribution is 2.29. The maximum Gasteiger partial charge on any atom is 0.127 e. The van der Waals surface area contributed by atoms with E-state index in [1.807, 2.05) is 68.4 Å². The first-order chi connectivity index (χ1) is 10.5. The predicted octanol–water partition coefficient (Wildman–Crippen LogP) is 5.30. The van der Waals surface area contributed by atoms with Crippen molar-refractivity contribution >= 4 is 5.57 Å². The number of hydrogen-bond acceptors (Lipinski definition) is 2. The number of para-hydroxylation sites is 1. The van der Waals surface area contributed by atoms with Crippen LogP contribution in [0.5, 0.6) is 11.5 Å². The zero-order chi connectivity index (χ0) is 16.1. The van der Waals surface area contributed by atoms with Gasteiger partial charge in [0.2, 0.25) is 0 Å². The molecule has 0 aliphatic heterocycles. The summed E-state index contributed by atoms with van der Waals surface area (Å²) in [6, 6.07) is 17.5. The number of allylic oxidation sites excluding steroid dienone is 4. The molecule has 2 rings (SSSR count). The van der Waals surface area contributed by atoms with E-state index in [-0.39, 0.29) is 0 Å². The van der Waals surface area contributed by atoms with Crippen LogP contribution in [0.25, 0.3) is 5.57 Å². The second kappa shape index (κ2) is 6.81. The molecule has 0 saturated heterocycles. The summed E-state index contributed by atoms with van der Waals surface area (Å²) in [4.78, 5) is 0. The van der Waals surface area contributed by atoms with Crippen LogP contribution in [-0.4, -0.2) is 0 Å². The summed E-state index contributed by atoms with van der Waals surface area (Å²) < 4.78 is 5.78. The summed E-state index contributed by atoms with van der Waals surface area (Å²) in [6.07, 6.45) is 0. The highest BCUT2D eigenvalue weighted by Gasteiger charge is 2.09. The van der Waals surface area contributed by atoms with Crippen LogP contribution < -0.4 is 10.5 Å². The van der Waals surface area contributed by atoms with Crippen LogP contribution in [0.15, 0.2) is 84.6 Å². The van der Waals surface area contributed by atoms with Crippen LogP contribution in [-0.2, 0) is 0 Å². The highest BCUT2D eigenvalue weighted by molar-refractivity contribution is 5.82. The van der Waals surface area contributed by atoms with E-state index in [9.17, 15) is 0 Å². The van der Waals surface area contributed by atoms with Gasteiger partial charge in [0.1, 0.15) is 11.5 Å². The zero-order valence-electron chi connectivity index (χ0n) is 13.1. The number of rotatable bonds is 5. The van der Waals surface area contributed by atoms with Gasteiger partial charge in [-0.2, -0.15) is 0 Å². The number of nitrogens with two attached hydrogens (primary N) is 1. The molecule has 0 amide bonds. The Kier molecular flexibility index (Phi) is 4.84.